The Balaban J connectivity index is 1.73. The maximum Gasteiger partial charge on any atom is 0.301 e. The number of anilines is 2. The van der Waals surface area contributed by atoms with Crippen LogP contribution in [0.5, 0.6) is 0 Å². The van der Waals surface area contributed by atoms with Gasteiger partial charge in [0.05, 0.1) is 5.69 Å². The van der Waals surface area contributed by atoms with E-state index in [2.05, 4.69) is 14.9 Å². The second-order valence-electron chi connectivity index (χ2n) is 5.50. The molecule has 0 aliphatic carbocycles. The summed E-state index contributed by atoms with van der Waals surface area (Å²) in [5.41, 5.74) is 1.73. The van der Waals surface area contributed by atoms with E-state index in [1.54, 1.807) is 6.07 Å². The number of rotatable bonds is 4. The van der Waals surface area contributed by atoms with Crippen molar-refractivity contribution in [2.24, 2.45) is 0 Å². The van der Waals surface area contributed by atoms with Gasteiger partial charge in [-0.05, 0) is 31.0 Å². The third kappa shape index (κ3) is 3.48. The van der Waals surface area contributed by atoms with Crippen LogP contribution in [0.25, 0.3) is 0 Å². The highest BCUT2D eigenvalue weighted by molar-refractivity contribution is 7.90. The van der Waals surface area contributed by atoms with Gasteiger partial charge in [-0.3, -0.25) is 4.72 Å². The SMILES string of the molecule is O=S(=O)(Nc1cccc(N2CCCC2)c1)N1CCNCC1. The summed E-state index contributed by atoms with van der Waals surface area (Å²) >= 11 is 0. The van der Waals surface area contributed by atoms with Gasteiger partial charge < -0.3 is 10.2 Å². The van der Waals surface area contributed by atoms with Crippen LogP contribution in [0, 0.1) is 0 Å². The van der Waals surface area contributed by atoms with Crippen molar-refractivity contribution in [3.63, 3.8) is 0 Å². The van der Waals surface area contributed by atoms with E-state index in [0.717, 1.165) is 18.8 Å². The summed E-state index contributed by atoms with van der Waals surface area (Å²) < 4.78 is 28.9. The molecule has 0 radical (unpaired) electrons. The summed E-state index contributed by atoms with van der Waals surface area (Å²) in [5.74, 6) is 0. The third-order valence-corrected chi connectivity index (χ3v) is 5.52. The molecule has 0 aromatic heterocycles. The number of hydrogen-bond donors (Lipinski definition) is 2. The normalized spacial score (nSPS) is 20.7. The van der Waals surface area contributed by atoms with Crippen LogP contribution in [0.2, 0.25) is 0 Å². The molecule has 6 nitrogen and oxygen atoms in total. The van der Waals surface area contributed by atoms with Gasteiger partial charge in [-0.15, -0.1) is 0 Å². The van der Waals surface area contributed by atoms with E-state index < -0.39 is 10.2 Å². The first-order valence-corrected chi connectivity index (χ1v) is 8.93. The summed E-state index contributed by atoms with van der Waals surface area (Å²) in [6, 6.07) is 7.67. The predicted molar refractivity (Wildman–Crippen MR) is 84.9 cm³/mol. The van der Waals surface area contributed by atoms with Crippen LogP contribution in [0.3, 0.4) is 0 Å². The molecule has 0 amide bonds. The van der Waals surface area contributed by atoms with Crippen LogP contribution >= 0.6 is 0 Å². The minimum atomic E-state index is -3.45. The molecule has 1 aromatic carbocycles. The van der Waals surface area contributed by atoms with Crippen molar-refractivity contribution in [1.29, 1.82) is 0 Å². The molecule has 3 rings (SSSR count). The lowest BCUT2D eigenvalue weighted by molar-refractivity contribution is 0.362. The molecule has 2 saturated heterocycles. The molecule has 116 valence electrons. The number of benzene rings is 1. The Labute approximate surface area is 126 Å². The van der Waals surface area contributed by atoms with Crippen LogP contribution in [0.4, 0.5) is 11.4 Å². The lowest BCUT2D eigenvalue weighted by Crippen LogP contribution is -2.48. The van der Waals surface area contributed by atoms with E-state index in [1.807, 2.05) is 18.2 Å². The van der Waals surface area contributed by atoms with Crippen LogP contribution in [-0.4, -0.2) is 52.0 Å². The van der Waals surface area contributed by atoms with Crippen molar-refractivity contribution in [3.8, 4) is 0 Å². The van der Waals surface area contributed by atoms with E-state index >= 15 is 0 Å². The van der Waals surface area contributed by atoms with Gasteiger partial charge in [0, 0.05) is 45.0 Å². The number of hydrogen-bond acceptors (Lipinski definition) is 4. The van der Waals surface area contributed by atoms with E-state index in [0.29, 0.717) is 31.9 Å². The van der Waals surface area contributed by atoms with E-state index in [-0.39, 0.29) is 0 Å². The molecule has 1 aromatic rings. The molecule has 0 saturated carbocycles. The van der Waals surface area contributed by atoms with E-state index in [9.17, 15) is 8.42 Å². The average Bonchev–Trinajstić information content (AvgIpc) is 3.02. The minimum Gasteiger partial charge on any atom is -0.371 e. The summed E-state index contributed by atoms with van der Waals surface area (Å²) in [7, 11) is -3.45. The van der Waals surface area contributed by atoms with Gasteiger partial charge in [-0.25, -0.2) is 0 Å². The lowest BCUT2D eigenvalue weighted by atomic mass is 10.2. The van der Waals surface area contributed by atoms with Crippen molar-refractivity contribution >= 4 is 21.6 Å². The molecule has 0 bridgehead atoms. The summed E-state index contributed by atoms with van der Waals surface area (Å²) in [5, 5.41) is 3.16. The molecular weight excluding hydrogens is 288 g/mol. The molecule has 2 aliphatic rings. The van der Waals surface area contributed by atoms with Crippen molar-refractivity contribution in [1.82, 2.24) is 9.62 Å². The fourth-order valence-corrected chi connectivity index (χ4v) is 4.06. The van der Waals surface area contributed by atoms with Gasteiger partial charge in [0.25, 0.3) is 0 Å². The molecule has 2 aliphatic heterocycles. The fraction of sp³-hybridized carbons (Fsp3) is 0.571. The predicted octanol–water partition coefficient (Wildman–Crippen LogP) is 0.849. The maximum atomic E-state index is 12.4. The van der Waals surface area contributed by atoms with Gasteiger partial charge in [0.15, 0.2) is 0 Å². The quantitative estimate of drug-likeness (QED) is 0.865. The summed E-state index contributed by atoms with van der Waals surface area (Å²) in [4.78, 5) is 2.29. The maximum absolute atomic E-state index is 12.4. The smallest absolute Gasteiger partial charge is 0.301 e. The molecule has 7 heteroatoms. The molecule has 0 spiro atoms. The Hall–Kier alpha value is -1.31. The Morgan fingerprint density at radius 2 is 1.76 bits per heavy atom. The average molecular weight is 310 g/mol. The topological polar surface area (TPSA) is 64.7 Å². The third-order valence-electron chi connectivity index (χ3n) is 3.98. The molecule has 2 N–H and O–H groups in total. The van der Waals surface area contributed by atoms with Gasteiger partial charge in [-0.1, -0.05) is 6.07 Å². The van der Waals surface area contributed by atoms with Gasteiger partial charge in [0.2, 0.25) is 0 Å². The molecule has 0 unspecified atom stereocenters. The highest BCUT2D eigenvalue weighted by atomic mass is 32.2. The largest absolute Gasteiger partial charge is 0.371 e. The Morgan fingerprint density at radius 1 is 1.05 bits per heavy atom. The summed E-state index contributed by atoms with van der Waals surface area (Å²) in [6.07, 6.45) is 2.41. The van der Waals surface area contributed by atoms with Crippen LogP contribution < -0.4 is 14.9 Å². The first-order chi connectivity index (χ1) is 10.1. The second-order valence-corrected chi connectivity index (χ2v) is 7.17. The zero-order valence-electron chi connectivity index (χ0n) is 12.1. The molecule has 0 atom stereocenters. The molecular formula is C14H22N4O2S. The summed E-state index contributed by atoms with van der Waals surface area (Å²) in [6.45, 7) is 4.54. The first-order valence-electron chi connectivity index (χ1n) is 7.49. The first kappa shape index (κ1) is 14.6. The highest BCUT2D eigenvalue weighted by Gasteiger charge is 2.23. The Morgan fingerprint density at radius 3 is 2.48 bits per heavy atom. The second kappa shape index (κ2) is 6.21. The zero-order chi connectivity index (χ0) is 14.7. The minimum absolute atomic E-state index is 0.515. The van der Waals surface area contributed by atoms with Crippen molar-refractivity contribution < 1.29 is 8.42 Å². The van der Waals surface area contributed by atoms with Crippen molar-refractivity contribution in [2.45, 2.75) is 12.8 Å². The van der Waals surface area contributed by atoms with Crippen LogP contribution in [0.1, 0.15) is 12.8 Å². The van der Waals surface area contributed by atoms with Crippen LogP contribution in [0.15, 0.2) is 24.3 Å². The van der Waals surface area contributed by atoms with E-state index in [1.165, 1.54) is 17.1 Å². The molecule has 2 fully saturated rings. The van der Waals surface area contributed by atoms with Gasteiger partial charge in [0.1, 0.15) is 0 Å². The van der Waals surface area contributed by atoms with E-state index in [4.69, 9.17) is 0 Å². The number of nitrogens with one attached hydrogen (secondary N) is 2. The monoisotopic (exact) mass is 310 g/mol. The molecule has 2 heterocycles. The van der Waals surface area contributed by atoms with Crippen molar-refractivity contribution in [2.75, 3.05) is 48.9 Å². The zero-order valence-corrected chi connectivity index (χ0v) is 12.9. The van der Waals surface area contributed by atoms with Gasteiger partial charge in [-0.2, -0.15) is 12.7 Å². The molecule has 21 heavy (non-hydrogen) atoms. The van der Waals surface area contributed by atoms with Crippen LogP contribution in [-0.2, 0) is 10.2 Å². The lowest BCUT2D eigenvalue weighted by Gasteiger charge is -2.27. The fourth-order valence-electron chi connectivity index (χ4n) is 2.84. The number of nitrogens with zero attached hydrogens (tertiary/aromatic N) is 2. The van der Waals surface area contributed by atoms with Gasteiger partial charge >= 0.3 is 10.2 Å². The standard InChI is InChI=1S/C14H22N4O2S/c19-21(20,18-10-6-15-7-11-18)16-13-4-3-5-14(12-13)17-8-1-2-9-17/h3-5,12,15-16H,1-2,6-11H2. The highest BCUT2D eigenvalue weighted by Crippen LogP contribution is 2.24. The number of piperazine rings is 1. The Bertz CT molecular complexity index is 578. The Kier molecular flexibility index (Phi) is 4.32. The van der Waals surface area contributed by atoms with Crippen molar-refractivity contribution in [3.05, 3.63) is 24.3 Å².